The molecule has 1 N–H and O–H groups in total. The van der Waals surface area contributed by atoms with Crippen LogP contribution in [-0.4, -0.2) is 36.9 Å². The van der Waals surface area contributed by atoms with Crippen LogP contribution in [0.1, 0.15) is 39.4 Å². The number of rotatable bonds is 4. The summed E-state index contributed by atoms with van der Waals surface area (Å²) >= 11 is 1.57. The Hall–Kier alpha value is -2.41. The molecule has 4 rings (SSSR count). The first-order chi connectivity index (χ1) is 13.5. The zero-order valence-corrected chi connectivity index (χ0v) is 16.6. The van der Waals surface area contributed by atoms with Gasteiger partial charge < -0.3 is 15.0 Å². The summed E-state index contributed by atoms with van der Waals surface area (Å²) < 4.78 is 18.7. The fourth-order valence-corrected chi connectivity index (χ4v) is 5.09. The van der Waals surface area contributed by atoms with E-state index in [-0.39, 0.29) is 23.5 Å². The Morgan fingerprint density at radius 2 is 2.04 bits per heavy atom. The van der Waals surface area contributed by atoms with E-state index in [1.54, 1.807) is 17.4 Å². The van der Waals surface area contributed by atoms with Gasteiger partial charge in [-0.25, -0.2) is 4.39 Å². The minimum Gasteiger partial charge on any atom is -0.494 e. The monoisotopic (exact) mass is 402 g/mol. The highest BCUT2D eigenvalue weighted by atomic mass is 32.1. The molecule has 1 fully saturated rings. The number of hydrogen-bond acceptors (Lipinski definition) is 4. The topological polar surface area (TPSA) is 58.6 Å². The predicted molar refractivity (Wildman–Crippen MR) is 107 cm³/mol. The Bertz CT molecular complexity index is 905. The van der Waals surface area contributed by atoms with E-state index in [0.29, 0.717) is 12.1 Å². The lowest BCUT2D eigenvalue weighted by Gasteiger charge is -2.21. The van der Waals surface area contributed by atoms with E-state index in [4.69, 9.17) is 4.74 Å². The van der Waals surface area contributed by atoms with Crippen molar-refractivity contribution in [3.63, 3.8) is 0 Å². The minimum absolute atomic E-state index is 0.117. The first kappa shape index (κ1) is 18.9. The second-order valence-electron chi connectivity index (χ2n) is 7.34. The molecule has 28 heavy (non-hydrogen) atoms. The van der Waals surface area contributed by atoms with E-state index >= 15 is 0 Å². The van der Waals surface area contributed by atoms with Crippen LogP contribution in [0.15, 0.2) is 24.3 Å². The summed E-state index contributed by atoms with van der Waals surface area (Å²) in [7, 11) is 1.40. The van der Waals surface area contributed by atoms with Crippen molar-refractivity contribution in [3.05, 3.63) is 45.4 Å². The summed E-state index contributed by atoms with van der Waals surface area (Å²) in [6.45, 7) is 1.68. The van der Waals surface area contributed by atoms with Gasteiger partial charge >= 0.3 is 0 Å². The molecule has 1 aliphatic carbocycles. The van der Waals surface area contributed by atoms with Crippen molar-refractivity contribution in [1.29, 1.82) is 0 Å². The first-order valence-corrected chi connectivity index (χ1v) is 10.4. The largest absolute Gasteiger partial charge is 0.494 e. The second kappa shape index (κ2) is 7.91. The Morgan fingerprint density at radius 1 is 1.25 bits per heavy atom. The maximum Gasteiger partial charge on any atom is 0.263 e. The summed E-state index contributed by atoms with van der Waals surface area (Å²) in [4.78, 5) is 29.2. The number of halogens is 1. The Labute approximate surface area is 167 Å². The molecule has 2 heterocycles. The lowest BCUT2D eigenvalue weighted by atomic mass is 9.87. The maximum absolute atomic E-state index is 13.8. The maximum atomic E-state index is 13.8. The highest BCUT2D eigenvalue weighted by Crippen LogP contribution is 2.34. The van der Waals surface area contributed by atoms with Crippen molar-refractivity contribution in [2.24, 2.45) is 5.92 Å². The van der Waals surface area contributed by atoms with Gasteiger partial charge in [-0.3, -0.25) is 9.59 Å². The van der Waals surface area contributed by atoms with Crippen molar-refractivity contribution in [3.8, 4) is 5.75 Å². The molecule has 2 amide bonds. The van der Waals surface area contributed by atoms with Crippen LogP contribution in [-0.2, 0) is 17.6 Å². The third-order valence-electron chi connectivity index (χ3n) is 5.48. The molecule has 2 aromatic rings. The number of anilines is 1. The molecule has 0 spiro atoms. The van der Waals surface area contributed by atoms with Gasteiger partial charge in [-0.1, -0.05) is 0 Å². The van der Waals surface area contributed by atoms with Gasteiger partial charge in [-0.15, -0.1) is 11.3 Å². The van der Waals surface area contributed by atoms with Gasteiger partial charge in [0.2, 0.25) is 5.91 Å². The van der Waals surface area contributed by atoms with Gasteiger partial charge in [-0.2, -0.15) is 0 Å². The lowest BCUT2D eigenvalue weighted by Crippen LogP contribution is -2.27. The molecule has 1 aromatic heterocycles. The number of methoxy groups -OCH3 is 1. The normalized spacial score (nSPS) is 18.6. The predicted octanol–water partition coefficient (Wildman–Crippen LogP) is 3.88. The van der Waals surface area contributed by atoms with Crippen LogP contribution in [0.25, 0.3) is 0 Å². The van der Waals surface area contributed by atoms with Crippen molar-refractivity contribution in [2.45, 2.75) is 32.1 Å². The van der Waals surface area contributed by atoms with E-state index in [1.807, 2.05) is 11.0 Å². The van der Waals surface area contributed by atoms with Crippen molar-refractivity contribution in [1.82, 2.24) is 4.90 Å². The molecule has 148 valence electrons. The molecule has 1 aromatic carbocycles. The number of nitrogens with one attached hydrogen (secondary N) is 1. The number of fused-ring (bicyclic) bond motifs is 1. The van der Waals surface area contributed by atoms with E-state index in [9.17, 15) is 14.0 Å². The second-order valence-corrected chi connectivity index (χ2v) is 8.47. The Balaban J connectivity index is 1.42. The molecule has 5 nitrogen and oxygen atoms in total. The number of carbonyl (C=O) groups excluding carboxylic acids is 2. The van der Waals surface area contributed by atoms with Gasteiger partial charge in [0.05, 0.1) is 12.0 Å². The Morgan fingerprint density at radius 3 is 2.75 bits per heavy atom. The minimum atomic E-state index is -0.505. The summed E-state index contributed by atoms with van der Waals surface area (Å²) in [5, 5.41) is 2.80. The van der Waals surface area contributed by atoms with Crippen molar-refractivity contribution < 1.29 is 18.7 Å². The van der Waals surface area contributed by atoms with Crippen molar-refractivity contribution >= 4 is 28.8 Å². The third kappa shape index (κ3) is 3.76. The first-order valence-electron chi connectivity index (χ1n) is 9.60. The lowest BCUT2D eigenvalue weighted by molar-refractivity contribution is -0.120. The number of aryl methyl sites for hydroxylation is 1. The fourth-order valence-electron chi connectivity index (χ4n) is 3.92. The fraction of sp³-hybridized carbons (Fsp3) is 0.429. The number of ether oxygens (including phenoxy) is 1. The summed E-state index contributed by atoms with van der Waals surface area (Å²) in [5.74, 6) is -0.537. The number of amides is 2. The summed E-state index contributed by atoms with van der Waals surface area (Å²) in [6.07, 6.45) is 4.29. The molecule has 0 radical (unpaired) electrons. The number of carbonyl (C=O) groups is 2. The van der Waals surface area contributed by atoms with Gasteiger partial charge in [-0.05, 0) is 55.9 Å². The van der Waals surface area contributed by atoms with Crippen LogP contribution in [0.5, 0.6) is 5.75 Å². The molecular weight excluding hydrogens is 379 g/mol. The van der Waals surface area contributed by atoms with Crippen LogP contribution < -0.4 is 10.1 Å². The molecule has 7 heteroatoms. The zero-order valence-electron chi connectivity index (χ0n) is 15.8. The molecular formula is C21H23FN2O3S. The molecule has 1 unspecified atom stereocenters. The van der Waals surface area contributed by atoms with E-state index < -0.39 is 5.82 Å². The molecule has 0 saturated carbocycles. The van der Waals surface area contributed by atoms with Crippen LogP contribution in [0.3, 0.4) is 0 Å². The molecule has 1 atom stereocenters. The summed E-state index contributed by atoms with van der Waals surface area (Å²) in [6, 6.07) is 6.36. The van der Waals surface area contributed by atoms with Gasteiger partial charge in [0, 0.05) is 35.6 Å². The van der Waals surface area contributed by atoms with Crippen LogP contribution in [0.2, 0.25) is 0 Å². The molecule has 1 saturated heterocycles. The molecule has 2 aliphatic rings. The van der Waals surface area contributed by atoms with Gasteiger partial charge in [0.25, 0.3) is 5.91 Å². The number of likely N-dealkylation sites (tertiary alicyclic amines) is 1. The molecule has 1 aliphatic heterocycles. The SMILES string of the molecule is COc1ccc(NC(=O)C2CCc3sc(C(=O)N4CCCC4)cc3C2)cc1F. The van der Waals surface area contributed by atoms with Gasteiger partial charge in [0.1, 0.15) is 0 Å². The highest BCUT2D eigenvalue weighted by Gasteiger charge is 2.29. The quantitative estimate of drug-likeness (QED) is 0.845. The highest BCUT2D eigenvalue weighted by molar-refractivity contribution is 7.14. The van der Waals surface area contributed by atoms with Crippen LogP contribution in [0, 0.1) is 11.7 Å². The third-order valence-corrected chi connectivity index (χ3v) is 6.70. The standard InChI is InChI=1S/C21H23FN2O3S/c1-27-17-6-5-15(12-16(17)22)23-20(25)13-4-7-18-14(10-13)11-19(28-18)21(26)24-8-2-3-9-24/h5-6,11-13H,2-4,7-10H2,1H3,(H,23,25). The Kier molecular flexibility index (Phi) is 5.35. The average molecular weight is 402 g/mol. The van der Waals surface area contributed by atoms with E-state index in [2.05, 4.69) is 5.32 Å². The smallest absolute Gasteiger partial charge is 0.263 e. The molecule has 0 bridgehead atoms. The average Bonchev–Trinajstić information content (AvgIpc) is 3.36. The number of hydrogen-bond donors (Lipinski definition) is 1. The van der Waals surface area contributed by atoms with Crippen LogP contribution >= 0.6 is 11.3 Å². The number of benzene rings is 1. The van der Waals surface area contributed by atoms with E-state index in [0.717, 1.165) is 49.2 Å². The zero-order chi connectivity index (χ0) is 19.7. The van der Waals surface area contributed by atoms with Gasteiger partial charge in [0.15, 0.2) is 11.6 Å². The number of thiophene rings is 1. The number of nitrogens with zero attached hydrogens (tertiary/aromatic N) is 1. The van der Waals surface area contributed by atoms with Crippen LogP contribution in [0.4, 0.5) is 10.1 Å². The van der Waals surface area contributed by atoms with E-state index in [1.165, 1.54) is 24.1 Å². The summed E-state index contributed by atoms with van der Waals surface area (Å²) in [5.41, 5.74) is 1.52. The van der Waals surface area contributed by atoms with Crippen molar-refractivity contribution in [2.75, 3.05) is 25.5 Å².